The van der Waals surface area contributed by atoms with E-state index in [1.807, 2.05) is 13.6 Å². The van der Waals surface area contributed by atoms with Crippen molar-refractivity contribution in [3.63, 3.8) is 0 Å². The SMILES string of the molecule is CC[CH-]NC.[CH3-].[Y]. The molecule has 43 valence electrons. The zero-order valence-electron chi connectivity index (χ0n) is 5.36. The van der Waals surface area contributed by atoms with Crippen LogP contribution in [-0.4, -0.2) is 7.05 Å². The van der Waals surface area contributed by atoms with Gasteiger partial charge in [0.15, 0.2) is 0 Å². The quantitative estimate of drug-likeness (QED) is 0.624. The molecule has 0 amide bonds. The predicted molar refractivity (Wildman–Crippen MR) is 30.1 cm³/mol. The van der Waals surface area contributed by atoms with E-state index in [1.165, 1.54) is 0 Å². The Kier molecular flexibility index (Phi) is 35.3. The Morgan fingerprint density at radius 1 is 1.57 bits per heavy atom. The molecule has 0 heterocycles. The van der Waals surface area contributed by atoms with Gasteiger partial charge in [0.1, 0.15) is 0 Å². The van der Waals surface area contributed by atoms with Gasteiger partial charge >= 0.3 is 0 Å². The minimum absolute atomic E-state index is 0. The van der Waals surface area contributed by atoms with E-state index in [9.17, 15) is 0 Å². The van der Waals surface area contributed by atoms with Gasteiger partial charge in [-0.2, -0.15) is 6.42 Å². The van der Waals surface area contributed by atoms with Crippen LogP contribution in [0.1, 0.15) is 13.3 Å². The fourth-order valence-electron chi connectivity index (χ4n) is 0.204. The molecule has 0 rings (SSSR count). The van der Waals surface area contributed by atoms with E-state index in [2.05, 4.69) is 12.2 Å². The van der Waals surface area contributed by atoms with Crippen LogP contribution in [0, 0.1) is 14.0 Å². The van der Waals surface area contributed by atoms with E-state index in [0.717, 1.165) is 6.42 Å². The summed E-state index contributed by atoms with van der Waals surface area (Å²) in [5.41, 5.74) is 0. The van der Waals surface area contributed by atoms with Gasteiger partial charge in [-0.1, -0.05) is 6.92 Å². The zero-order chi connectivity index (χ0) is 4.12. The largest absolute Gasteiger partial charge is 0.472 e. The van der Waals surface area contributed by atoms with Crippen LogP contribution in [0.5, 0.6) is 0 Å². The second-order valence-electron chi connectivity index (χ2n) is 0.901. The first-order valence-electron chi connectivity index (χ1n) is 1.90. The van der Waals surface area contributed by atoms with Crippen molar-refractivity contribution in [2.75, 3.05) is 7.05 Å². The minimum Gasteiger partial charge on any atom is -0.472 e. The molecule has 0 aromatic carbocycles. The van der Waals surface area contributed by atoms with E-state index in [1.54, 1.807) is 0 Å². The van der Waals surface area contributed by atoms with Gasteiger partial charge in [0.2, 0.25) is 0 Å². The van der Waals surface area contributed by atoms with Gasteiger partial charge in [0.05, 0.1) is 0 Å². The van der Waals surface area contributed by atoms with Crippen LogP contribution in [0.2, 0.25) is 0 Å². The van der Waals surface area contributed by atoms with Crippen LogP contribution < -0.4 is 5.32 Å². The third-order valence-corrected chi connectivity index (χ3v) is 0.408. The summed E-state index contributed by atoms with van der Waals surface area (Å²) >= 11 is 0. The second-order valence-corrected chi connectivity index (χ2v) is 0.901. The summed E-state index contributed by atoms with van der Waals surface area (Å²) in [4.78, 5) is 0. The van der Waals surface area contributed by atoms with Crippen molar-refractivity contribution in [3.05, 3.63) is 14.0 Å². The molecule has 0 aliphatic rings. The molecule has 0 aliphatic heterocycles. The van der Waals surface area contributed by atoms with Gasteiger partial charge in [-0.3, -0.25) is 6.54 Å². The maximum atomic E-state index is 2.89. The summed E-state index contributed by atoms with van der Waals surface area (Å²) < 4.78 is 0. The Morgan fingerprint density at radius 2 is 2.00 bits per heavy atom. The summed E-state index contributed by atoms with van der Waals surface area (Å²) in [5.74, 6) is 0. The molecule has 0 atom stereocenters. The molecule has 0 aliphatic carbocycles. The van der Waals surface area contributed by atoms with Gasteiger partial charge in [-0.25, -0.2) is 0 Å². The van der Waals surface area contributed by atoms with Crippen LogP contribution in [-0.2, 0) is 32.7 Å². The summed E-state index contributed by atoms with van der Waals surface area (Å²) in [6, 6.07) is 0. The molecule has 0 aromatic heterocycles. The normalized spacial score (nSPS) is 6.00. The van der Waals surface area contributed by atoms with Crippen LogP contribution in [0.3, 0.4) is 0 Å². The molecular weight excluding hydrogens is 163 g/mol. The Labute approximate surface area is 72.1 Å². The number of nitrogens with one attached hydrogen (secondary N) is 1. The number of rotatable bonds is 2. The van der Waals surface area contributed by atoms with E-state index >= 15 is 0 Å². The molecule has 0 saturated heterocycles. The maximum Gasteiger partial charge on any atom is 0 e. The van der Waals surface area contributed by atoms with Crippen molar-refractivity contribution in [3.8, 4) is 0 Å². The maximum absolute atomic E-state index is 2.89. The minimum atomic E-state index is 0. The monoisotopic (exact) mass is 176 g/mol. The smallest absolute Gasteiger partial charge is 0 e. The van der Waals surface area contributed by atoms with E-state index in [-0.39, 0.29) is 40.1 Å². The fraction of sp³-hybridized carbons (Fsp3) is 0.600. The third kappa shape index (κ3) is 19.3. The van der Waals surface area contributed by atoms with Gasteiger partial charge in [0.25, 0.3) is 0 Å². The molecule has 0 bridgehead atoms. The summed E-state index contributed by atoms with van der Waals surface area (Å²) in [7, 11) is 1.91. The third-order valence-electron chi connectivity index (χ3n) is 0.408. The summed E-state index contributed by atoms with van der Waals surface area (Å²) in [6.45, 7) is 4.09. The van der Waals surface area contributed by atoms with Crippen molar-refractivity contribution >= 4 is 0 Å². The number of hydrogen-bond donors (Lipinski definition) is 1. The topological polar surface area (TPSA) is 12.0 Å². The Bertz CT molecular complexity index is 15.6. The van der Waals surface area contributed by atoms with E-state index in [4.69, 9.17) is 0 Å². The van der Waals surface area contributed by atoms with Crippen LogP contribution in [0.4, 0.5) is 0 Å². The van der Waals surface area contributed by atoms with Crippen LogP contribution in [0.15, 0.2) is 0 Å². The molecular formula is C5H13NY-2. The Balaban J connectivity index is -0.0000000800. The first-order valence-corrected chi connectivity index (χ1v) is 1.90. The van der Waals surface area contributed by atoms with E-state index < -0.39 is 0 Å². The molecule has 0 unspecified atom stereocenters. The van der Waals surface area contributed by atoms with Gasteiger partial charge in [-0.05, 0) is 7.05 Å². The molecule has 0 saturated carbocycles. The number of hydrogen-bond acceptors (Lipinski definition) is 1. The van der Waals surface area contributed by atoms with E-state index in [0.29, 0.717) is 0 Å². The fourth-order valence-corrected chi connectivity index (χ4v) is 0.204. The molecule has 2 heteroatoms. The average Bonchev–Trinajstić information content (AvgIpc) is 1.41. The van der Waals surface area contributed by atoms with Crippen molar-refractivity contribution in [1.82, 2.24) is 5.32 Å². The molecule has 1 nitrogen and oxygen atoms in total. The van der Waals surface area contributed by atoms with Crippen LogP contribution in [0.25, 0.3) is 0 Å². The molecule has 0 aromatic rings. The summed E-state index contributed by atoms with van der Waals surface area (Å²) in [6.07, 6.45) is 1.11. The zero-order valence-corrected chi connectivity index (χ0v) is 8.20. The standard InChI is InChI=1S/C4H10N.CH3.Y/c1-3-4-5-2;;/h4-5H,3H2,1-2H3;1H3;/q2*-1;. The van der Waals surface area contributed by atoms with Crippen LogP contribution >= 0.6 is 0 Å². The Morgan fingerprint density at radius 3 is 2.00 bits per heavy atom. The van der Waals surface area contributed by atoms with Crippen molar-refractivity contribution in [2.24, 2.45) is 0 Å². The molecule has 1 N–H and O–H groups in total. The predicted octanol–water partition coefficient (Wildman–Crippen LogP) is 1.23. The molecule has 0 spiro atoms. The molecule has 7 heavy (non-hydrogen) atoms. The average molecular weight is 176 g/mol. The molecule has 1 radical (unpaired) electrons. The van der Waals surface area contributed by atoms with Gasteiger partial charge < -0.3 is 12.7 Å². The second kappa shape index (κ2) is 15.7. The van der Waals surface area contributed by atoms with Gasteiger partial charge in [-0.15, -0.1) is 0 Å². The summed E-state index contributed by atoms with van der Waals surface area (Å²) in [5, 5.41) is 2.89. The first kappa shape index (κ1) is 15.7. The van der Waals surface area contributed by atoms with Crippen molar-refractivity contribution < 1.29 is 32.7 Å². The Hall–Kier alpha value is 1.06. The molecule has 0 fully saturated rings. The van der Waals surface area contributed by atoms with Crippen molar-refractivity contribution in [1.29, 1.82) is 0 Å². The van der Waals surface area contributed by atoms with Gasteiger partial charge in [0, 0.05) is 32.7 Å². The van der Waals surface area contributed by atoms with Crippen molar-refractivity contribution in [2.45, 2.75) is 13.3 Å². The first-order chi connectivity index (χ1) is 2.41.